The quantitative estimate of drug-likeness (QED) is 0.810. The molecule has 1 N–H and O–H groups in total. The lowest BCUT2D eigenvalue weighted by Crippen LogP contribution is -2.38. The first-order chi connectivity index (χ1) is 10.0. The van der Waals surface area contributed by atoms with Crippen LogP contribution in [-0.2, 0) is 5.60 Å². The van der Waals surface area contributed by atoms with E-state index >= 15 is 0 Å². The minimum atomic E-state index is -0.990. The average Bonchev–Trinajstić information content (AvgIpc) is 2.79. The average molecular weight is 373 g/mol. The first-order valence-electron chi connectivity index (χ1n) is 6.39. The fraction of sp³-hybridized carbons (Fsp3) is 0.267. The van der Waals surface area contributed by atoms with Gasteiger partial charge in [-0.2, -0.15) is 0 Å². The molecule has 0 unspecified atom stereocenters. The van der Waals surface area contributed by atoms with E-state index in [0.717, 1.165) is 11.1 Å². The SMILES string of the molecule is C[C@H]1c2c(cc(F)c(Cl)c2Br)O[C@]1(CO)c1cccnc1. The molecular formula is C15H12BrClFNO2. The van der Waals surface area contributed by atoms with Gasteiger partial charge in [-0.25, -0.2) is 4.39 Å². The van der Waals surface area contributed by atoms with Gasteiger partial charge in [0, 0.05) is 40.0 Å². The van der Waals surface area contributed by atoms with E-state index in [1.807, 2.05) is 13.0 Å². The van der Waals surface area contributed by atoms with Crippen LogP contribution in [0.1, 0.15) is 24.0 Å². The summed E-state index contributed by atoms with van der Waals surface area (Å²) in [4.78, 5) is 4.07. The summed E-state index contributed by atoms with van der Waals surface area (Å²) in [6.45, 7) is 1.66. The van der Waals surface area contributed by atoms with E-state index in [9.17, 15) is 9.50 Å². The summed E-state index contributed by atoms with van der Waals surface area (Å²) in [5.41, 5.74) is 0.495. The topological polar surface area (TPSA) is 42.4 Å². The summed E-state index contributed by atoms with van der Waals surface area (Å²) in [7, 11) is 0. The van der Waals surface area contributed by atoms with E-state index < -0.39 is 11.4 Å². The van der Waals surface area contributed by atoms with E-state index in [-0.39, 0.29) is 17.5 Å². The number of fused-ring (bicyclic) bond motifs is 1. The zero-order valence-electron chi connectivity index (χ0n) is 11.1. The van der Waals surface area contributed by atoms with Gasteiger partial charge in [-0.05, 0) is 22.0 Å². The van der Waals surface area contributed by atoms with Crippen molar-refractivity contribution in [3.63, 3.8) is 0 Å². The van der Waals surface area contributed by atoms with Gasteiger partial charge in [0.15, 0.2) is 5.60 Å². The van der Waals surface area contributed by atoms with Gasteiger partial charge < -0.3 is 9.84 Å². The Labute approximate surface area is 134 Å². The molecule has 0 amide bonds. The maximum absolute atomic E-state index is 13.8. The molecule has 3 rings (SSSR count). The van der Waals surface area contributed by atoms with Gasteiger partial charge in [0.2, 0.25) is 0 Å². The molecule has 1 aliphatic heterocycles. The van der Waals surface area contributed by atoms with Gasteiger partial charge in [0.05, 0.1) is 11.6 Å². The highest BCUT2D eigenvalue weighted by molar-refractivity contribution is 9.10. The summed E-state index contributed by atoms with van der Waals surface area (Å²) in [6, 6.07) is 4.86. The minimum Gasteiger partial charge on any atom is -0.479 e. The second-order valence-electron chi connectivity index (χ2n) is 5.01. The van der Waals surface area contributed by atoms with Crippen LogP contribution in [0, 0.1) is 5.82 Å². The molecule has 0 spiro atoms. The summed E-state index contributed by atoms with van der Waals surface area (Å²) < 4.78 is 20.2. The molecule has 0 aliphatic carbocycles. The fourth-order valence-corrected chi connectivity index (χ4v) is 3.66. The first kappa shape index (κ1) is 14.8. The second kappa shape index (κ2) is 5.23. The molecule has 0 saturated heterocycles. The normalized spacial score (nSPS) is 23.8. The van der Waals surface area contributed by atoms with Crippen molar-refractivity contribution >= 4 is 27.5 Å². The number of pyridine rings is 1. The molecule has 110 valence electrons. The van der Waals surface area contributed by atoms with Crippen LogP contribution in [0.15, 0.2) is 35.1 Å². The molecule has 2 heterocycles. The van der Waals surface area contributed by atoms with Crippen molar-refractivity contribution in [1.29, 1.82) is 0 Å². The van der Waals surface area contributed by atoms with Gasteiger partial charge in [-0.15, -0.1) is 0 Å². The maximum Gasteiger partial charge on any atom is 0.165 e. The van der Waals surface area contributed by atoms with Crippen LogP contribution < -0.4 is 4.74 Å². The van der Waals surface area contributed by atoms with Gasteiger partial charge >= 0.3 is 0 Å². The number of rotatable bonds is 2. The Bertz CT molecular complexity index is 698. The number of hydrogen-bond donors (Lipinski definition) is 1. The van der Waals surface area contributed by atoms with Crippen molar-refractivity contribution in [3.05, 3.63) is 57.0 Å². The highest BCUT2D eigenvalue weighted by Gasteiger charge is 2.49. The molecule has 21 heavy (non-hydrogen) atoms. The van der Waals surface area contributed by atoms with Crippen LogP contribution in [-0.4, -0.2) is 16.7 Å². The largest absolute Gasteiger partial charge is 0.479 e. The van der Waals surface area contributed by atoms with Gasteiger partial charge in [0.1, 0.15) is 11.6 Å². The Morgan fingerprint density at radius 2 is 2.33 bits per heavy atom. The molecule has 0 fully saturated rings. The van der Waals surface area contributed by atoms with E-state index in [2.05, 4.69) is 20.9 Å². The maximum atomic E-state index is 13.8. The van der Waals surface area contributed by atoms with Crippen LogP contribution in [0.3, 0.4) is 0 Å². The van der Waals surface area contributed by atoms with Crippen molar-refractivity contribution in [1.82, 2.24) is 4.98 Å². The third-order valence-electron chi connectivity index (χ3n) is 3.97. The Balaban J connectivity index is 2.19. The molecular weight excluding hydrogens is 361 g/mol. The number of halogens is 3. The predicted octanol–water partition coefficient (Wildman–Crippen LogP) is 4.02. The van der Waals surface area contributed by atoms with E-state index in [0.29, 0.717) is 10.2 Å². The molecule has 2 atom stereocenters. The van der Waals surface area contributed by atoms with Crippen molar-refractivity contribution < 1.29 is 14.2 Å². The lowest BCUT2D eigenvalue weighted by atomic mass is 9.81. The zero-order chi connectivity index (χ0) is 15.2. The fourth-order valence-electron chi connectivity index (χ4n) is 2.78. The van der Waals surface area contributed by atoms with Crippen LogP contribution in [0.25, 0.3) is 0 Å². The van der Waals surface area contributed by atoms with Crippen molar-refractivity contribution in [2.45, 2.75) is 18.4 Å². The van der Waals surface area contributed by atoms with Gasteiger partial charge in [-0.3, -0.25) is 4.98 Å². The lowest BCUT2D eigenvalue weighted by molar-refractivity contribution is 0.00704. The van der Waals surface area contributed by atoms with Crippen LogP contribution in [0.5, 0.6) is 5.75 Å². The number of nitrogens with zero attached hydrogens (tertiary/aromatic N) is 1. The number of ether oxygens (including phenoxy) is 1. The number of hydrogen-bond acceptors (Lipinski definition) is 3. The molecule has 2 aromatic rings. The molecule has 0 radical (unpaired) electrons. The first-order valence-corrected chi connectivity index (χ1v) is 7.56. The van der Waals surface area contributed by atoms with Crippen molar-refractivity contribution in [3.8, 4) is 5.75 Å². The molecule has 6 heteroatoms. The third kappa shape index (κ3) is 2.06. The van der Waals surface area contributed by atoms with E-state index in [4.69, 9.17) is 16.3 Å². The number of aliphatic hydroxyl groups is 1. The molecule has 3 nitrogen and oxygen atoms in total. The minimum absolute atomic E-state index is 0.0177. The Hall–Kier alpha value is -1.17. The Morgan fingerprint density at radius 3 is 2.95 bits per heavy atom. The molecule has 0 saturated carbocycles. The van der Waals surface area contributed by atoms with E-state index in [1.165, 1.54) is 6.07 Å². The third-order valence-corrected chi connectivity index (χ3v) is 5.39. The molecule has 1 aliphatic rings. The van der Waals surface area contributed by atoms with Crippen molar-refractivity contribution in [2.24, 2.45) is 0 Å². The van der Waals surface area contributed by atoms with Gasteiger partial charge in [0.25, 0.3) is 0 Å². The monoisotopic (exact) mass is 371 g/mol. The predicted molar refractivity (Wildman–Crippen MR) is 81.2 cm³/mol. The Morgan fingerprint density at radius 1 is 1.57 bits per heavy atom. The molecule has 0 bridgehead atoms. The second-order valence-corrected chi connectivity index (χ2v) is 6.18. The number of aliphatic hydroxyl groups excluding tert-OH is 1. The summed E-state index contributed by atoms with van der Waals surface area (Å²) in [6.07, 6.45) is 3.29. The van der Waals surface area contributed by atoms with Crippen LogP contribution >= 0.6 is 27.5 Å². The standard InChI is InChI=1S/C15H12BrClFNO2/c1-8-12-11(5-10(18)14(17)13(12)16)21-15(8,7-20)9-3-2-4-19-6-9/h2-6,8,20H,7H2,1H3/t8-,15-/m0/s1. The highest BCUT2D eigenvalue weighted by atomic mass is 79.9. The summed E-state index contributed by atoms with van der Waals surface area (Å²) >= 11 is 9.28. The number of aromatic nitrogens is 1. The zero-order valence-corrected chi connectivity index (χ0v) is 13.4. The summed E-state index contributed by atoms with van der Waals surface area (Å²) in [5.74, 6) is -0.391. The van der Waals surface area contributed by atoms with Gasteiger partial charge in [-0.1, -0.05) is 24.6 Å². The smallest absolute Gasteiger partial charge is 0.165 e. The molecule has 1 aromatic heterocycles. The molecule has 1 aromatic carbocycles. The number of benzene rings is 1. The summed E-state index contributed by atoms with van der Waals surface area (Å²) in [5, 5.41) is 9.96. The van der Waals surface area contributed by atoms with Crippen LogP contribution in [0.4, 0.5) is 4.39 Å². The van der Waals surface area contributed by atoms with Crippen molar-refractivity contribution in [2.75, 3.05) is 6.61 Å². The Kier molecular flexibility index (Phi) is 3.67. The van der Waals surface area contributed by atoms with Crippen LogP contribution in [0.2, 0.25) is 5.02 Å². The lowest BCUT2D eigenvalue weighted by Gasteiger charge is -2.31. The van der Waals surface area contributed by atoms with E-state index in [1.54, 1.807) is 18.5 Å². The highest BCUT2D eigenvalue weighted by Crippen LogP contribution is 2.54.